The van der Waals surface area contributed by atoms with Crippen LogP contribution in [0.5, 0.6) is 11.5 Å². The highest BCUT2D eigenvalue weighted by atomic mass is 32.2. The van der Waals surface area contributed by atoms with Gasteiger partial charge in [0.2, 0.25) is 11.8 Å². The van der Waals surface area contributed by atoms with E-state index in [1.54, 1.807) is 68.6 Å². The molecular formula is C30H37N3O6S. The molecule has 0 saturated heterocycles. The lowest BCUT2D eigenvalue weighted by Crippen LogP contribution is -2.52. The van der Waals surface area contributed by atoms with E-state index in [9.17, 15) is 18.0 Å². The predicted octanol–water partition coefficient (Wildman–Crippen LogP) is 4.15. The Morgan fingerprint density at radius 1 is 0.900 bits per heavy atom. The van der Waals surface area contributed by atoms with Crippen LogP contribution in [0.2, 0.25) is 0 Å². The summed E-state index contributed by atoms with van der Waals surface area (Å²) < 4.78 is 39.4. The van der Waals surface area contributed by atoms with Crippen molar-refractivity contribution in [2.75, 3.05) is 31.6 Å². The average molecular weight is 568 g/mol. The number of amides is 2. The smallest absolute Gasteiger partial charge is 0.264 e. The summed E-state index contributed by atoms with van der Waals surface area (Å²) in [4.78, 5) is 28.5. The Hall–Kier alpha value is -4.05. The zero-order chi connectivity index (χ0) is 29.3. The topological polar surface area (TPSA) is 105 Å². The van der Waals surface area contributed by atoms with Crippen LogP contribution in [0.3, 0.4) is 0 Å². The van der Waals surface area contributed by atoms with Gasteiger partial charge < -0.3 is 19.7 Å². The average Bonchev–Trinajstić information content (AvgIpc) is 2.96. The largest absolute Gasteiger partial charge is 0.497 e. The first-order valence-electron chi connectivity index (χ1n) is 13.1. The van der Waals surface area contributed by atoms with Gasteiger partial charge in [0.1, 0.15) is 24.1 Å². The first kappa shape index (κ1) is 30.5. The molecule has 40 heavy (non-hydrogen) atoms. The van der Waals surface area contributed by atoms with Gasteiger partial charge in [-0.15, -0.1) is 0 Å². The van der Waals surface area contributed by atoms with Crippen LogP contribution in [0, 0.1) is 6.92 Å². The predicted molar refractivity (Wildman–Crippen MR) is 155 cm³/mol. The normalized spacial score (nSPS) is 11.8. The second-order valence-electron chi connectivity index (χ2n) is 9.21. The zero-order valence-electron chi connectivity index (χ0n) is 23.6. The van der Waals surface area contributed by atoms with E-state index in [0.717, 1.165) is 15.4 Å². The number of carbonyl (C=O) groups is 2. The van der Waals surface area contributed by atoms with Gasteiger partial charge in [0.05, 0.1) is 24.8 Å². The summed E-state index contributed by atoms with van der Waals surface area (Å²) in [6.45, 7) is 5.51. The van der Waals surface area contributed by atoms with Gasteiger partial charge >= 0.3 is 0 Å². The van der Waals surface area contributed by atoms with Crippen LogP contribution in [-0.4, -0.2) is 58.5 Å². The monoisotopic (exact) mass is 567 g/mol. The summed E-state index contributed by atoms with van der Waals surface area (Å²) in [6, 6.07) is 19.3. The standard InChI is InChI=1S/C30H37N3O6S/c1-6-28(30(35)31-7-2)32(20-23-9-8-10-26(19-23)39-5)29(34)21-33(24-13-11-22(3)12-14-24)40(36,37)27-17-15-25(38-4)16-18-27/h8-19,28H,6-7,20-21H2,1-5H3,(H,31,35). The van der Waals surface area contributed by atoms with Gasteiger partial charge in [-0.05, 0) is 74.4 Å². The van der Waals surface area contributed by atoms with Gasteiger partial charge in [-0.3, -0.25) is 13.9 Å². The lowest BCUT2D eigenvalue weighted by Gasteiger charge is -2.33. The summed E-state index contributed by atoms with van der Waals surface area (Å²) in [6.07, 6.45) is 0.345. The summed E-state index contributed by atoms with van der Waals surface area (Å²) >= 11 is 0. The van der Waals surface area contributed by atoms with Crippen molar-refractivity contribution in [1.82, 2.24) is 10.2 Å². The van der Waals surface area contributed by atoms with Crippen LogP contribution in [-0.2, 0) is 26.2 Å². The van der Waals surface area contributed by atoms with Gasteiger partial charge in [-0.25, -0.2) is 8.42 Å². The van der Waals surface area contributed by atoms with Crippen LogP contribution < -0.4 is 19.1 Å². The van der Waals surface area contributed by atoms with E-state index >= 15 is 0 Å². The Kier molecular flexibility index (Phi) is 10.6. The van der Waals surface area contributed by atoms with Crippen LogP contribution in [0.15, 0.2) is 77.7 Å². The maximum Gasteiger partial charge on any atom is 0.264 e. The molecule has 0 aromatic heterocycles. The number of ether oxygens (including phenoxy) is 2. The highest BCUT2D eigenvalue weighted by Crippen LogP contribution is 2.27. The van der Waals surface area contributed by atoms with Crippen LogP contribution in [0.1, 0.15) is 31.4 Å². The molecule has 0 aliphatic heterocycles. The molecule has 10 heteroatoms. The van der Waals surface area contributed by atoms with Gasteiger partial charge in [-0.1, -0.05) is 36.8 Å². The van der Waals surface area contributed by atoms with Gasteiger partial charge in [0.15, 0.2) is 0 Å². The second-order valence-corrected chi connectivity index (χ2v) is 11.1. The van der Waals surface area contributed by atoms with Crippen molar-refractivity contribution >= 4 is 27.5 Å². The summed E-state index contributed by atoms with van der Waals surface area (Å²) in [5.41, 5.74) is 2.02. The van der Waals surface area contributed by atoms with Gasteiger partial charge in [-0.2, -0.15) is 0 Å². The van der Waals surface area contributed by atoms with Crippen molar-refractivity contribution < 1.29 is 27.5 Å². The molecule has 214 valence electrons. The van der Waals surface area contributed by atoms with E-state index in [1.165, 1.54) is 24.1 Å². The molecule has 0 fully saturated rings. The van der Waals surface area contributed by atoms with Crippen molar-refractivity contribution in [2.45, 2.75) is 44.7 Å². The molecule has 1 N–H and O–H groups in total. The quantitative estimate of drug-likeness (QED) is 0.333. The Balaban J connectivity index is 2.06. The Bertz CT molecular complexity index is 1390. The third-order valence-electron chi connectivity index (χ3n) is 6.47. The van der Waals surface area contributed by atoms with Crippen LogP contribution in [0.4, 0.5) is 5.69 Å². The number of rotatable bonds is 13. The van der Waals surface area contributed by atoms with Crippen molar-refractivity contribution in [3.8, 4) is 11.5 Å². The molecule has 0 saturated carbocycles. The molecule has 9 nitrogen and oxygen atoms in total. The summed E-state index contributed by atoms with van der Waals surface area (Å²) in [5, 5.41) is 2.80. The minimum atomic E-state index is -4.16. The number of nitrogens with zero attached hydrogens (tertiary/aromatic N) is 2. The molecule has 2 amide bonds. The number of hydrogen-bond acceptors (Lipinski definition) is 6. The second kappa shape index (κ2) is 13.8. The molecule has 3 rings (SSSR count). The van der Waals surface area contributed by atoms with E-state index in [1.807, 2.05) is 19.9 Å². The first-order chi connectivity index (χ1) is 19.1. The maximum absolute atomic E-state index is 14.0. The Morgan fingerprint density at radius 2 is 1.55 bits per heavy atom. The van der Waals surface area contributed by atoms with Crippen molar-refractivity contribution in [3.05, 3.63) is 83.9 Å². The van der Waals surface area contributed by atoms with Crippen molar-refractivity contribution in [1.29, 1.82) is 0 Å². The SMILES string of the molecule is CCNC(=O)C(CC)N(Cc1cccc(OC)c1)C(=O)CN(c1ccc(C)cc1)S(=O)(=O)c1ccc(OC)cc1. The molecule has 0 heterocycles. The van der Waals surface area contributed by atoms with E-state index in [2.05, 4.69) is 5.32 Å². The van der Waals surface area contributed by atoms with Crippen molar-refractivity contribution in [3.63, 3.8) is 0 Å². The fraction of sp³-hybridized carbons (Fsp3) is 0.333. The van der Waals surface area contributed by atoms with E-state index in [0.29, 0.717) is 30.2 Å². The zero-order valence-corrected chi connectivity index (χ0v) is 24.4. The van der Waals surface area contributed by atoms with E-state index < -0.39 is 28.5 Å². The number of methoxy groups -OCH3 is 2. The molecule has 0 bridgehead atoms. The van der Waals surface area contributed by atoms with E-state index in [-0.39, 0.29) is 17.3 Å². The van der Waals surface area contributed by atoms with Crippen LogP contribution >= 0.6 is 0 Å². The highest BCUT2D eigenvalue weighted by molar-refractivity contribution is 7.92. The lowest BCUT2D eigenvalue weighted by atomic mass is 10.1. The minimum Gasteiger partial charge on any atom is -0.497 e. The molecule has 0 aliphatic carbocycles. The molecule has 3 aromatic rings. The summed E-state index contributed by atoms with van der Waals surface area (Å²) in [5.74, 6) is 0.299. The highest BCUT2D eigenvalue weighted by Gasteiger charge is 2.33. The fourth-order valence-corrected chi connectivity index (χ4v) is 5.71. The number of aryl methyl sites for hydroxylation is 1. The molecule has 1 unspecified atom stereocenters. The molecule has 0 radical (unpaired) electrons. The van der Waals surface area contributed by atoms with Crippen molar-refractivity contribution in [2.24, 2.45) is 0 Å². The Labute approximate surface area is 236 Å². The third kappa shape index (κ3) is 7.32. The van der Waals surface area contributed by atoms with E-state index in [4.69, 9.17) is 9.47 Å². The fourth-order valence-electron chi connectivity index (χ4n) is 4.29. The molecule has 3 aromatic carbocycles. The number of anilines is 1. The van der Waals surface area contributed by atoms with Crippen LogP contribution in [0.25, 0.3) is 0 Å². The first-order valence-corrected chi connectivity index (χ1v) is 14.5. The lowest BCUT2D eigenvalue weighted by molar-refractivity contribution is -0.140. The minimum absolute atomic E-state index is 0.0109. The Morgan fingerprint density at radius 3 is 2.12 bits per heavy atom. The van der Waals surface area contributed by atoms with Gasteiger partial charge in [0, 0.05) is 13.1 Å². The third-order valence-corrected chi connectivity index (χ3v) is 8.26. The summed E-state index contributed by atoms with van der Waals surface area (Å²) in [7, 11) is -1.11. The molecule has 0 spiro atoms. The molecule has 0 aliphatic rings. The number of carbonyl (C=O) groups excluding carboxylic acids is 2. The number of hydrogen-bond donors (Lipinski definition) is 1. The van der Waals surface area contributed by atoms with Gasteiger partial charge in [0.25, 0.3) is 10.0 Å². The number of likely N-dealkylation sites (N-methyl/N-ethyl adjacent to an activating group) is 1. The number of benzene rings is 3. The number of nitrogens with one attached hydrogen (secondary N) is 1. The molecule has 1 atom stereocenters. The molecular weight excluding hydrogens is 530 g/mol. The maximum atomic E-state index is 14.0. The number of sulfonamides is 1.